The van der Waals surface area contributed by atoms with Gasteiger partial charge in [-0.2, -0.15) is 0 Å². The Kier molecular flexibility index (Phi) is 7.00. The van der Waals surface area contributed by atoms with Gasteiger partial charge in [0.15, 0.2) is 0 Å². The van der Waals surface area contributed by atoms with Gasteiger partial charge in [0, 0.05) is 30.1 Å². The smallest absolute Gasteiger partial charge is 0.242 e. The number of hydrogen-bond acceptors (Lipinski definition) is 2. The molecule has 0 spiro atoms. The fourth-order valence-corrected chi connectivity index (χ4v) is 2.92. The van der Waals surface area contributed by atoms with E-state index in [0.717, 1.165) is 11.1 Å². The lowest BCUT2D eigenvalue weighted by molar-refractivity contribution is -0.139. The molecule has 2 rings (SSSR count). The number of nitrogens with one attached hydrogen (secondary N) is 1. The summed E-state index contributed by atoms with van der Waals surface area (Å²) in [6.07, 6.45) is 0. The summed E-state index contributed by atoms with van der Waals surface area (Å²) in [5, 5.41) is 3.74. The molecule has 0 aliphatic rings. The van der Waals surface area contributed by atoms with Crippen LogP contribution in [0.1, 0.15) is 25.0 Å². The Morgan fingerprint density at radius 1 is 1.15 bits per heavy atom. The number of carbonyl (C=O) groups is 2. The van der Waals surface area contributed by atoms with Crippen LogP contribution in [0, 0.1) is 5.82 Å². The highest BCUT2D eigenvalue weighted by atomic mass is 35.5. The quantitative estimate of drug-likeness (QED) is 0.795. The normalized spacial score (nSPS) is 11.7. The van der Waals surface area contributed by atoms with Crippen molar-refractivity contribution in [3.05, 3.63) is 69.5 Å². The lowest BCUT2D eigenvalue weighted by Gasteiger charge is -2.27. The van der Waals surface area contributed by atoms with Crippen molar-refractivity contribution >= 4 is 35.0 Å². The lowest BCUT2D eigenvalue weighted by Crippen LogP contribution is -2.46. The number of hydrogen-bond donors (Lipinski definition) is 1. The van der Waals surface area contributed by atoms with Crippen molar-refractivity contribution in [2.45, 2.75) is 33.0 Å². The summed E-state index contributed by atoms with van der Waals surface area (Å²) in [6, 6.07) is 10.1. The van der Waals surface area contributed by atoms with Crippen molar-refractivity contribution in [1.82, 2.24) is 10.2 Å². The molecular weight excluding hydrogens is 378 g/mol. The molecule has 0 saturated carbocycles. The van der Waals surface area contributed by atoms with E-state index in [9.17, 15) is 14.0 Å². The van der Waals surface area contributed by atoms with Crippen LogP contribution >= 0.6 is 23.2 Å². The molecule has 0 aliphatic carbocycles. The molecule has 0 aromatic heterocycles. The third-order valence-corrected chi connectivity index (χ3v) is 4.57. The van der Waals surface area contributed by atoms with Gasteiger partial charge in [-0.1, -0.05) is 41.4 Å². The van der Waals surface area contributed by atoms with Crippen molar-refractivity contribution in [2.24, 2.45) is 0 Å². The maximum atomic E-state index is 13.0. The molecule has 0 unspecified atom stereocenters. The molecule has 2 aromatic carbocycles. The number of rotatable bonds is 6. The second-order valence-electron chi connectivity index (χ2n) is 5.90. The van der Waals surface area contributed by atoms with Crippen LogP contribution in [-0.4, -0.2) is 22.8 Å². The van der Waals surface area contributed by atoms with Crippen LogP contribution in [0.4, 0.5) is 4.39 Å². The molecule has 2 aromatic rings. The third kappa shape index (κ3) is 5.44. The molecule has 2 amide bonds. The number of carbonyl (C=O) groups excluding carboxylic acids is 2. The standard InChI is InChI=1S/C19H19Cl2FN2O2/c1-12(19(26)23-10-15-5-6-16(20)9-18(15)21)24(13(2)25)11-14-3-7-17(22)8-4-14/h3-9,12H,10-11H2,1-2H3,(H,23,26)/t12-/m0/s1. The zero-order valence-corrected chi connectivity index (χ0v) is 15.9. The molecule has 0 heterocycles. The first-order valence-electron chi connectivity index (χ1n) is 8.01. The second-order valence-corrected chi connectivity index (χ2v) is 6.75. The lowest BCUT2D eigenvalue weighted by atomic mass is 10.1. The van der Waals surface area contributed by atoms with Gasteiger partial charge in [0.1, 0.15) is 11.9 Å². The Bertz CT molecular complexity index is 797. The van der Waals surface area contributed by atoms with E-state index in [4.69, 9.17) is 23.2 Å². The summed E-state index contributed by atoms with van der Waals surface area (Å²) in [4.78, 5) is 25.8. The van der Waals surface area contributed by atoms with Gasteiger partial charge in [-0.3, -0.25) is 9.59 Å². The summed E-state index contributed by atoms with van der Waals surface area (Å²) in [5.74, 6) is -0.913. The fraction of sp³-hybridized carbons (Fsp3) is 0.263. The molecule has 7 heteroatoms. The molecule has 1 N–H and O–H groups in total. The van der Waals surface area contributed by atoms with Gasteiger partial charge in [0.2, 0.25) is 11.8 Å². The first-order chi connectivity index (χ1) is 12.3. The zero-order chi connectivity index (χ0) is 19.3. The second kappa shape index (κ2) is 9.01. The average molecular weight is 397 g/mol. The predicted molar refractivity (Wildman–Crippen MR) is 100 cm³/mol. The molecule has 0 bridgehead atoms. The van der Waals surface area contributed by atoms with E-state index in [1.54, 1.807) is 37.3 Å². The molecule has 0 aliphatic heterocycles. The third-order valence-electron chi connectivity index (χ3n) is 3.99. The molecule has 0 radical (unpaired) electrons. The minimum absolute atomic E-state index is 0.214. The maximum absolute atomic E-state index is 13.0. The van der Waals surface area contributed by atoms with Crippen LogP contribution in [0.25, 0.3) is 0 Å². The monoisotopic (exact) mass is 396 g/mol. The zero-order valence-electron chi connectivity index (χ0n) is 14.4. The summed E-state index contributed by atoms with van der Waals surface area (Å²) in [6.45, 7) is 3.47. The van der Waals surface area contributed by atoms with Crippen LogP contribution in [-0.2, 0) is 22.7 Å². The van der Waals surface area contributed by atoms with Crippen LogP contribution in [0.15, 0.2) is 42.5 Å². The van der Waals surface area contributed by atoms with E-state index < -0.39 is 6.04 Å². The van der Waals surface area contributed by atoms with Crippen molar-refractivity contribution in [3.8, 4) is 0 Å². The number of halogens is 3. The number of amides is 2. The van der Waals surface area contributed by atoms with E-state index in [1.165, 1.54) is 24.0 Å². The van der Waals surface area contributed by atoms with E-state index >= 15 is 0 Å². The Hall–Kier alpha value is -2.11. The SMILES string of the molecule is CC(=O)N(Cc1ccc(F)cc1)[C@@H](C)C(=O)NCc1ccc(Cl)cc1Cl. The van der Waals surface area contributed by atoms with Crippen molar-refractivity contribution in [1.29, 1.82) is 0 Å². The highest BCUT2D eigenvalue weighted by molar-refractivity contribution is 6.35. The van der Waals surface area contributed by atoms with Gasteiger partial charge in [0.05, 0.1) is 0 Å². The molecule has 1 atom stereocenters. The van der Waals surface area contributed by atoms with E-state index in [0.29, 0.717) is 10.0 Å². The van der Waals surface area contributed by atoms with Gasteiger partial charge in [-0.05, 0) is 42.3 Å². The van der Waals surface area contributed by atoms with Gasteiger partial charge < -0.3 is 10.2 Å². The van der Waals surface area contributed by atoms with E-state index in [2.05, 4.69) is 5.32 Å². The van der Waals surface area contributed by atoms with Gasteiger partial charge in [-0.15, -0.1) is 0 Å². The minimum Gasteiger partial charge on any atom is -0.350 e. The van der Waals surface area contributed by atoms with E-state index in [-0.39, 0.29) is 30.7 Å². The molecule has 138 valence electrons. The van der Waals surface area contributed by atoms with E-state index in [1.807, 2.05) is 0 Å². The van der Waals surface area contributed by atoms with Gasteiger partial charge in [-0.25, -0.2) is 4.39 Å². The number of benzene rings is 2. The minimum atomic E-state index is -0.691. The number of nitrogens with zero attached hydrogens (tertiary/aromatic N) is 1. The Balaban J connectivity index is 2.02. The predicted octanol–water partition coefficient (Wildman–Crippen LogP) is 4.19. The highest BCUT2D eigenvalue weighted by Crippen LogP contribution is 2.21. The molecule has 26 heavy (non-hydrogen) atoms. The summed E-state index contributed by atoms with van der Waals surface area (Å²) in [7, 11) is 0. The highest BCUT2D eigenvalue weighted by Gasteiger charge is 2.23. The van der Waals surface area contributed by atoms with Crippen molar-refractivity contribution in [3.63, 3.8) is 0 Å². The Morgan fingerprint density at radius 2 is 1.81 bits per heavy atom. The van der Waals surface area contributed by atoms with Gasteiger partial charge in [0.25, 0.3) is 0 Å². The average Bonchev–Trinajstić information content (AvgIpc) is 2.59. The first-order valence-corrected chi connectivity index (χ1v) is 8.77. The Labute approximate surface area is 161 Å². The Morgan fingerprint density at radius 3 is 2.38 bits per heavy atom. The summed E-state index contributed by atoms with van der Waals surface area (Å²) >= 11 is 11.9. The molecular formula is C19H19Cl2FN2O2. The molecule has 0 saturated heterocycles. The maximum Gasteiger partial charge on any atom is 0.242 e. The molecule has 4 nitrogen and oxygen atoms in total. The summed E-state index contributed by atoms with van der Waals surface area (Å²) < 4.78 is 13.0. The van der Waals surface area contributed by atoms with Crippen molar-refractivity contribution < 1.29 is 14.0 Å². The molecule has 0 fully saturated rings. The van der Waals surface area contributed by atoms with Crippen molar-refractivity contribution in [2.75, 3.05) is 0 Å². The largest absolute Gasteiger partial charge is 0.350 e. The first kappa shape index (κ1) is 20.2. The van der Waals surface area contributed by atoms with Crippen LogP contribution < -0.4 is 5.32 Å². The van der Waals surface area contributed by atoms with Crippen LogP contribution in [0.2, 0.25) is 10.0 Å². The fourth-order valence-electron chi connectivity index (χ4n) is 2.44. The topological polar surface area (TPSA) is 49.4 Å². The van der Waals surface area contributed by atoms with Crippen LogP contribution in [0.3, 0.4) is 0 Å². The van der Waals surface area contributed by atoms with Crippen LogP contribution in [0.5, 0.6) is 0 Å². The summed E-state index contributed by atoms with van der Waals surface area (Å²) in [5.41, 5.74) is 1.46. The van der Waals surface area contributed by atoms with Gasteiger partial charge >= 0.3 is 0 Å².